The van der Waals surface area contributed by atoms with Crippen molar-refractivity contribution in [3.8, 4) is 16.6 Å². The van der Waals surface area contributed by atoms with Crippen LogP contribution in [0.4, 0.5) is 4.79 Å². The molecule has 5 atom stereocenters. The van der Waals surface area contributed by atoms with Gasteiger partial charge >= 0.3 is 6.09 Å². The molecule has 58 heavy (non-hydrogen) atoms. The van der Waals surface area contributed by atoms with Crippen LogP contribution in [0.25, 0.3) is 10.7 Å². The van der Waals surface area contributed by atoms with Crippen molar-refractivity contribution in [2.75, 3.05) is 6.54 Å². The summed E-state index contributed by atoms with van der Waals surface area (Å²) in [4.78, 5) is 67.6. The highest BCUT2D eigenvalue weighted by Gasteiger charge is 2.63. The van der Waals surface area contributed by atoms with Gasteiger partial charge in [0.15, 0.2) is 0 Å². The van der Waals surface area contributed by atoms with Crippen LogP contribution in [0.2, 0.25) is 0 Å². The van der Waals surface area contributed by atoms with Crippen molar-refractivity contribution < 1.29 is 37.1 Å². The van der Waals surface area contributed by atoms with Gasteiger partial charge in [-0.2, -0.15) is 0 Å². The number of allylic oxidation sites excluding steroid dienone is 1. The Labute approximate surface area is 345 Å². The lowest BCUT2D eigenvalue weighted by molar-refractivity contribution is -0.141. The van der Waals surface area contributed by atoms with Crippen LogP contribution in [0.3, 0.4) is 0 Å². The number of hydrogen-bond acceptors (Lipinski definition) is 11. The van der Waals surface area contributed by atoms with Crippen LogP contribution in [0, 0.1) is 5.92 Å². The monoisotopic (exact) mass is 838 g/mol. The quantitative estimate of drug-likeness (QED) is 0.273. The van der Waals surface area contributed by atoms with Gasteiger partial charge in [0.05, 0.1) is 17.0 Å². The largest absolute Gasteiger partial charge is 0.472 e. The van der Waals surface area contributed by atoms with Crippen LogP contribution >= 0.6 is 11.3 Å². The van der Waals surface area contributed by atoms with E-state index in [1.54, 1.807) is 27.7 Å². The number of carbonyl (C=O) groups is 4. The minimum absolute atomic E-state index is 0.0219. The number of aryl methyl sites for hydroxylation is 1. The van der Waals surface area contributed by atoms with Gasteiger partial charge < -0.3 is 25.0 Å². The summed E-state index contributed by atoms with van der Waals surface area (Å²) < 4.78 is 40.0. The fourth-order valence-corrected chi connectivity index (χ4v) is 10.4. The topological polar surface area (TPSA) is 186 Å². The van der Waals surface area contributed by atoms with E-state index < -0.39 is 73.8 Å². The first-order chi connectivity index (χ1) is 27.4. The molecule has 0 bridgehead atoms. The molecule has 4 heterocycles. The lowest BCUT2D eigenvalue weighted by Gasteiger charge is -2.30. The molecule has 7 rings (SSSR count). The van der Waals surface area contributed by atoms with Crippen molar-refractivity contribution in [1.82, 2.24) is 30.2 Å². The van der Waals surface area contributed by atoms with Crippen LogP contribution in [-0.4, -0.2) is 87.7 Å². The molecule has 4 amide bonds. The molecule has 0 unspecified atom stereocenters. The second-order valence-corrected chi connectivity index (χ2v) is 21.3. The summed E-state index contributed by atoms with van der Waals surface area (Å²) in [6.45, 7) is 11.1. The molecule has 2 aliphatic heterocycles. The second kappa shape index (κ2) is 16.2. The number of carbonyl (C=O) groups excluding carboxylic acids is 4. The molecule has 0 aromatic carbocycles. The molecule has 0 radical (unpaired) electrons. The molecule has 0 spiro atoms. The molecule has 316 valence electrons. The maximum Gasteiger partial charge on any atom is 0.408 e. The van der Waals surface area contributed by atoms with Crippen molar-refractivity contribution in [2.24, 2.45) is 5.92 Å². The predicted molar refractivity (Wildman–Crippen MR) is 220 cm³/mol. The third kappa shape index (κ3) is 9.07. The molecule has 14 nitrogen and oxygen atoms in total. The first kappa shape index (κ1) is 42.1. The molecular weight excluding hydrogens is 781 g/mol. The fraction of sp³-hybridized carbons (Fsp3) is 0.667. The lowest BCUT2D eigenvalue weighted by Crippen LogP contribution is -2.58. The number of thiazole rings is 1. The number of pyridine rings is 1. The molecule has 1 saturated heterocycles. The Morgan fingerprint density at radius 1 is 1.07 bits per heavy atom. The highest BCUT2D eigenvalue weighted by Crippen LogP contribution is 2.47. The van der Waals surface area contributed by atoms with E-state index in [0.717, 1.165) is 60.4 Å². The number of rotatable bonds is 8. The summed E-state index contributed by atoms with van der Waals surface area (Å²) >= 11 is 1.53. The molecule has 3 N–H and O–H groups in total. The van der Waals surface area contributed by atoms with Gasteiger partial charge in [-0.15, -0.1) is 11.3 Å². The smallest absolute Gasteiger partial charge is 0.408 e. The number of fused-ring (bicyclic) bond motifs is 3. The predicted octanol–water partition coefficient (Wildman–Crippen LogP) is 5.84. The van der Waals surface area contributed by atoms with Gasteiger partial charge in [0, 0.05) is 23.3 Å². The summed E-state index contributed by atoms with van der Waals surface area (Å²) in [6, 6.07) is 0.0144. The van der Waals surface area contributed by atoms with E-state index >= 15 is 0 Å². The molecule has 16 heteroatoms. The Morgan fingerprint density at radius 3 is 2.53 bits per heavy atom. The van der Waals surface area contributed by atoms with Crippen LogP contribution in [0.5, 0.6) is 5.88 Å². The van der Waals surface area contributed by atoms with Gasteiger partial charge in [-0.1, -0.05) is 38.8 Å². The molecule has 5 aliphatic rings. The SMILES string of the molecule is CC(C)c1csc(-c2cc3c(c(O[C@@H]4C[C@H]5C(=O)N[C@]6(C(=O)NS(=O)(=O)C7(C)CC7)C[C@H]6/C=C\CCCCC[C@H](NC(=O)OC(C)(C)C)C(=O)N5C4)n2)CCCC3)n1. The second-order valence-electron chi connectivity index (χ2n) is 18.3. The summed E-state index contributed by atoms with van der Waals surface area (Å²) in [7, 11) is -3.99. The Hall–Kier alpha value is -4.05. The van der Waals surface area contributed by atoms with Crippen molar-refractivity contribution in [3.63, 3.8) is 0 Å². The molecule has 3 aliphatic carbocycles. The molecular formula is C42H58N6O8S2. The molecule has 2 aromatic heterocycles. The Kier molecular flexibility index (Phi) is 11.7. The van der Waals surface area contributed by atoms with Crippen LogP contribution in [-0.2, 0) is 42.0 Å². The average Bonchev–Trinajstić information content (AvgIpc) is 3.92. The maximum atomic E-state index is 14.7. The third-order valence-corrected chi connectivity index (χ3v) is 15.1. The maximum absolute atomic E-state index is 14.7. The number of nitrogens with zero attached hydrogens (tertiary/aromatic N) is 3. The lowest BCUT2D eigenvalue weighted by atomic mass is 9.92. The highest BCUT2D eigenvalue weighted by atomic mass is 32.2. The Balaban J connectivity index is 1.21. The number of amides is 4. The molecule has 2 aromatic rings. The van der Waals surface area contributed by atoms with E-state index in [2.05, 4.69) is 35.3 Å². The van der Waals surface area contributed by atoms with E-state index in [9.17, 15) is 27.6 Å². The minimum atomic E-state index is -3.99. The summed E-state index contributed by atoms with van der Waals surface area (Å²) in [5.41, 5.74) is 1.54. The van der Waals surface area contributed by atoms with Crippen LogP contribution in [0.15, 0.2) is 23.6 Å². The zero-order chi connectivity index (χ0) is 41.6. The van der Waals surface area contributed by atoms with Gasteiger partial charge in [-0.3, -0.25) is 19.1 Å². The number of hydrogen-bond donors (Lipinski definition) is 3. The zero-order valence-corrected chi connectivity index (χ0v) is 36.2. The van der Waals surface area contributed by atoms with Gasteiger partial charge in [0.25, 0.3) is 5.91 Å². The van der Waals surface area contributed by atoms with Crippen molar-refractivity contribution in [2.45, 2.75) is 165 Å². The highest BCUT2D eigenvalue weighted by molar-refractivity contribution is 7.91. The normalized spacial score (nSPS) is 27.8. The summed E-state index contributed by atoms with van der Waals surface area (Å²) in [6.07, 6.45) is 10.5. The number of sulfonamides is 1. The number of alkyl carbamates (subject to hydrolysis) is 1. The Morgan fingerprint density at radius 2 is 1.83 bits per heavy atom. The molecule has 3 fully saturated rings. The van der Waals surface area contributed by atoms with Gasteiger partial charge in [0.1, 0.15) is 40.0 Å². The first-order valence-corrected chi connectivity index (χ1v) is 23.2. The van der Waals surface area contributed by atoms with Gasteiger partial charge in [0.2, 0.25) is 27.7 Å². The van der Waals surface area contributed by atoms with Gasteiger partial charge in [-0.25, -0.2) is 23.2 Å². The standard InChI is InChI=1S/C42H58N6O8S2/c1-25(2)32-24-57-36(44-32)31-20-26-14-12-13-16-29(26)35(43-31)55-28-21-33-34(49)46-42(38(51)47-58(53,54)41(6)18-19-41)22-27(42)15-10-8-7-9-11-17-30(37(50)48(33)23-28)45-39(52)56-40(3,4)5/h10,15,20,24-25,27-28,30,33H,7-9,11-14,16-19,21-23H2,1-6H3,(H,45,52)(H,46,49)(H,47,51)/b15-10-/t27-,28-,30+,33+,42-/m1/s1. The van der Waals surface area contributed by atoms with Crippen LogP contribution in [0.1, 0.15) is 135 Å². The average molecular weight is 839 g/mol. The van der Waals surface area contributed by atoms with E-state index in [1.807, 2.05) is 17.5 Å². The number of ether oxygens (including phenoxy) is 2. The third-order valence-electron chi connectivity index (χ3n) is 12.1. The van der Waals surface area contributed by atoms with E-state index in [1.165, 1.54) is 16.2 Å². The van der Waals surface area contributed by atoms with Crippen molar-refractivity contribution in [1.29, 1.82) is 0 Å². The minimum Gasteiger partial charge on any atom is -0.472 e. The summed E-state index contributed by atoms with van der Waals surface area (Å²) in [5, 5.41) is 8.56. The van der Waals surface area contributed by atoms with Crippen molar-refractivity contribution >= 4 is 45.2 Å². The first-order valence-electron chi connectivity index (χ1n) is 20.9. The zero-order valence-electron chi connectivity index (χ0n) is 34.5. The summed E-state index contributed by atoms with van der Waals surface area (Å²) in [5.74, 6) is -1.55. The fourth-order valence-electron chi connectivity index (χ4n) is 8.14. The van der Waals surface area contributed by atoms with E-state index in [-0.39, 0.29) is 25.3 Å². The molecule has 2 saturated carbocycles. The van der Waals surface area contributed by atoms with Gasteiger partial charge in [-0.05, 0) is 109 Å². The number of aromatic nitrogens is 2. The van der Waals surface area contributed by atoms with E-state index in [0.29, 0.717) is 43.7 Å². The number of nitrogens with one attached hydrogen (secondary N) is 3. The Bertz CT molecular complexity index is 2070. The van der Waals surface area contributed by atoms with Crippen LogP contribution < -0.4 is 20.1 Å². The van der Waals surface area contributed by atoms with Crippen molar-refractivity contribution in [3.05, 3.63) is 40.4 Å². The van der Waals surface area contributed by atoms with E-state index in [4.69, 9.17) is 19.4 Å².